The first-order chi connectivity index (χ1) is 8.78. The van der Waals surface area contributed by atoms with Crippen LogP contribution in [0.15, 0.2) is 6.07 Å². The first kappa shape index (κ1) is 15.2. The van der Waals surface area contributed by atoms with E-state index in [1.54, 1.807) is 6.92 Å². The molecular weight excluding hydrogens is 265 g/mol. The Balaban J connectivity index is 3.17. The van der Waals surface area contributed by atoms with Crippen LogP contribution in [0.25, 0.3) is 0 Å². The van der Waals surface area contributed by atoms with Gasteiger partial charge in [-0.25, -0.2) is 9.78 Å². The molecule has 1 aromatic heterocycles. The van der Waals surface area contributed by atoms with Crippen LogP contribution in [0.4, 0.5) is 13.2 Å². The van der Waals surface area contributed by atoms with Crippen LogP contribution in [0.5, 0.6) is 5.75 Å². The Labute approximate surface area is 107 Å². The SMILES string of the molecule is CCOC(=O)c1nc(C)c(OC(F)(F)F)cc1CN. The van der Waals surface area contributed by atoms with Gasteiger partial charge in [-0.2, -0.15) is 0 Å². The number of pyridine rings is 1. The van der Waals surface area contributed by atoms with Gasteiger partial charge in [0, 0.05) is 12.1 Å². The molecule has 1 heterocycles. The van der Waals surface area contributed by atoms with Crippen molar-refractivity contribution in [3.63, 3.8) is 0 Å². The number of nitrogens with two attached hydrogens (primary N) is 1. The van der Waals surface area contributed by atoms with Crippen molar-refractivity contribution in [1.82, 2.24) is 4.98 Å². The van der Waals surface area contributed by atoms with E-state index in [9.17, 15) is 18.0 Å². The molecule has 2 N–H and O–H groups in total. The lowest BCUT2D eigenvalue weighted by Crippen LogP contribution is -2.20. The summed E-state index contributed by atoms with van der Waals surface area (Å²) in [4.78, 5) is 15.3. The van der Waals surface area contributed by atoms with Gasteiger partial charge in [0.1, 0.15) is 0 Å². The van der Waals surface area contributed by atoms with Crippen LogP contribution in [0, 0.1) is 6.92 Å². The summed E-state index contributed by atoms with van der Waals surface area (Å²) in [6.45, 7) is 2.87. The molecule has 0 aliphatic carbocycles. The molecule has 5 nitrogen and oxygen atoms in total. The average Bonchev–Trinajstić information content (AvgIpc) is 2.29. The van der Waals surface area contributed by atoms with Crippen molar-refractivity contribution in [2.45, 2.75) is 26.8 Å². The van der Waals surface area contributed by atoms with Crippen LogP contribution in [0.1, 0.15) is 28.7 Å². The molecule has 0 radical (unpaired) electrons. The van der Waals surface area contributed by atoms with Crippen LogP contribution in [-0.2, 0) is 11.3 Å². The summed E-state index contributed by atoms with van der Waals surface area (Å²) >= 11 is 0. The Kier molecular flexibility index (Phi) is 4.71. The minimum absolute atomic E-state index is 0.0717. The lowest BCUT2D eigenvalue weighted by molar-refractivity contribution is -0.275. The predicted octanol–water partition coefficient (Wildman–Crippen LogP) is 1.92. The van der Waals surface area contributed by atoms with Gasteiger partial charge < -0.3 is 15.2 Å². The van der Waals surface area contributed by atoms with E-state index in [4.69, 9.17) is 10.5 Å². The van der Waals surface area contributed by atoms with E-state index >= 15 is 0 Å². The highest BCUT2D eigenvalue weighted by atomic mass is 19.4. The molecule has 19 heavy (non-hydrogen) atoms. The first-order valence-corrected chi connectivity index (χ1v) is 5.42. The van der Waals surface area contributed by atoms with E-state index in [1.165, 1.54) is 6.92 Å². The lowest BCUT2D eigenvalue weighted by Gasteiger charge is -2.14. The summed E-state index contributed by atoms with van der Waals surface area (Å²) in [6, 6.07) is 1.04. The van der Waals surface area contributed by atoms with Crippen LogP contribution < -0.4 is 10.5 Å². The molecule has 0 aromatic carbocycles. The zero-order valence-corrected chi connectivity index (χ0v) is 10.4. The third kappa shape index (κ3) is 4.09. The van der Waals surface area contributed by atoms with Gasteiger partial charge in [-0.1, -0.05) is 0 Å². The molecule has 0 unspecified atom stereocenters. The van der Waals surface area contributed by atoms with Crippen molar-refractivity contribution >= 4 is 5.97 Å². The van der Waals surface area contributed by atoms with E-state index < -0.39 is 18.1 Å². The van der Waals surface area contributed by atoms with Crippen LogP contribution in [-0.4, -0.2) is 23.9 Å². The Bertz CT molecular complexity index is 475. The molecule has 0 bridgehead atoms. The van der Waals surface area contributed by atoms with Crippen molar-refractivity contribution in [2.75, 3.05) is 6.61 Å². The van der Waals surface area contributed by atoms with E-state index in [0.29, 0.717) is 0 Å². The van der Waals surface area contributed by atoms with Crippen molar-refractivity contribution in [1.29, 1.82) is 0 Å². The van der Waals surface area contributed by atoms with Gasteiger partial charge in [0.15, 0.2) is 11.4 Å². The topological polar surface area (TPSA) is 74.4 Å². The number of halogens is 3. The second-order valence-corrected chi connectivity index (χ2v) is 3.55. The number of aromatic nitrogens is 1. The van der Waals surface area contributed by atoms with Crippen LogP contribution in [0.2, 0.25) is 0 Å². The number of ether oxygens (including phenoxy) is 2. The smallest absolute Gasteiger partial charge is 0.461 e. The van der Waals surface area contributed by atoms with Gasteiger partial charge in [-0.05, 0) is 19.9 Å². The number of aryl methyl sites for hydroxylation is 1. The molecule has 0 spiro atoms. The van der Waals surface area contributed by atoms with Crippen molar-refractivity contribution in [2.24, 2.45) is 5.73 Å². The molecule has 0 atom stereocenters. The zero-order chi connectivity index (χ0) is 14.6. The maximum Gasteiger partial charge on any atom is 0.573 e. The standard InChI is InChI=1S/C11H13F3N2O3/c1-3-18-10(17)9-7(5-15)4-8(6(2)16-9)19-11(12,13)14/h4H,3,5,15H2,1-2H3. The highest BCUT2D eigenvalue weighted by Crippen LogP contribution is 2.27. The molecule has 0 fully saturated rings. The Morgan fingerprint density at radius 3 is 2.58 bits per heavy atom. The van der Waals surface area contributed by atoms with E-state index in [1.807, 2.05) is 0 Å². The summed E-state index contributed by atoms with van der Waals surface area (Å²) in [5.74, 6) is -1.22. The number of carbonyl (C=O) groups is 1. The molecule has 0 aliphatic heterocycles. The highest BCUT2D eigenvalue weighted by molar-refractivity contribution is 5.89. The fraction of sp³-hybridized carbons (Fsp3) is 0.455. The Hall–Kier alpha value is -1.83. The number of rotatable bonds is 4. The molecule has 106 valence electrons. The van der Waals surface area contributed by atoms with Gasteiger partial charge in [-0.3, -0.25) is 0 Å². The summed E-state index contributed by atoms with van der Waals surface area (Å²) in [5.41, 5.74) is 5.34. The van der Waals surface area contributed by atoms with Gasteiger partial charge >= 0.3 is 12.3 Å². The van der Waals surface area contributed by atoms with E-state index in [-0.39, 0.29) is 30.1 Å². The minimum atomic E-state index is -4.83. The maximum absolute atomic E-state index is 12.2. The highest BCUT2D eigenvalue weighted by Gasteiger charge is 2.32. The molecular formula is C11H13F3N2O3. The van der Waals surface area contributed by atoms with Crippen molar-refractivity contribution in [3.05, 3.63) is 23.0 Å². The summed E-state index contributed by atoms with van der Waals surface area (Å²) in [6.07, 6.45) is -4.83. The predicted molar refractivity (Wildman–Crippen MR) is 59.5 cm³/mol. The van der Waals surface area contributed by atoms with Crippen molar-refractivity contribution in [3.8, 4) is 5.75 Å². The van der Waals surface area contributed by atoms with Gasteiger partial charge in [0.2, 0.25) is 0 Å². The monoisotopic (exact) mass is 278 g/mol. The first-order valence-electron chi connectivity index (χ1n) is 5.42. The molecule has 0 amide bonds. The van der Waals surface area contributed by atoms with Gasteiger partial charge in [0.05, 0.1) is 12.3 Å². The number of hydrogen-bond acceptors (Lipinski definition) is 5. The largest absolute Gasteiger partial charge is 0.573 e. The lowest BCUT2D eigenvalue weighted by atomic mass is 10.1. The zero-order valence-electron chi connectivity index (χ0n) is 10.4. The number of esters is 1. The third-order valence-electron chi connectivity index (χ3n) is 2.16. The second-order valence-electron chi connectivity index (χ2n) is 3.55. The molecule has 0 saturated carbocycles. The Morgan fingerprint density at radius 2 is 2.11 bits per heavy atom. The summed E-state index contributed by atoms with van der Waals surface area (Å²) < 4.78 is 45.0. The van der Waals surface area contributed by atoms with Gasteiger partial charge in [0.25, 0.3) is 0 Å². The molecule has 0 aliphatic rings. The fourth-order valence-corrected chi connectivity index (χ4v) is 1.39. The Morgan fingerprint density at radius 1 is 1.47 bits per heavy atom. The summed E-state index contributed by atoms with van der Waals surface area (Å²) in [5, 5.41) is 0. The number of nitrogens with zero attached hydrogens (tertiary/aromatic N) is 1. The second kappa shape index (κ2) is 5.87. The van der Waals surface area contributed by atoms with E-state index in [0.717, 1.165) is 6.07 Å². The number of alkyl halides is 3. The average molecular weight is 278 g/mol. The van der Waals surface area contributed by atoms with E-state index in [2.05, 4.69) is 9.72 Å². The molecule has 8 heteroatoms. The summed E-state index contributed by atoms with van der Waals surface area (Å²) in [7, 11) is 0. The maximum atomic E-state index is 12.2. The molecule has 1 aromatic rings. The fourth-order valence-electron chi connectivity index (χ4n) is 1.39. The third-order valence-corrected chi connectivity index (χ3v) is 2.16. The van der Waals surface area contributed by atoms with Crippen LogP contribution >= 0.6 is 0 Å². The van der Waals surface area contributed by atoms with Crippen LogP contribution in [0.3, 0.4) is 0 Å². The minimum Gasteiger partial charge on any atom is -0.461 e. The van der Waals surface area contributed by atoms with Crippen molar-refractivity contribution < 1.29 is 27.4 Å². The molecule has 0 saturated heterocycles. The quantitative estimate of drug-likeness (QED) is 0.852. The molecule has 1 rings (SSSR count). The number of carbonyl (C=O) groups excluding carboxylic acids is 1. The normalized spacial score (nSPS) is 11.3. The van der Waals surface area contributed by atoms with Gasteiger partial charge in [-0.15, -0.1) is 13.2 Å². The number of hydrogen-bond donors (Lipinski definition) is 1.